The van der Waals surface area contributed by atoms with Crippen molar-refractivity contribution in [3.05, 3.63) is 69.7 Å². The Bertz CT molecular complexity index is 661. The molecule has 0 fully saturated rings. The number of benzene rings is 2. The number of unbranched alkanes of at least 4 members (excludes halogenated alkanes) is 1. The van der Waals surface area contributed by atoms with E-state index in [9.17, 15) is 4.79 Å². The molecule has 0 heterocycles. The number of hydrogen-bond donors (Lipinski definition) is 1. The predicted molar refractivity (Wildman–Crippen MR) is 118 cm³/mol. The van der Waals surface area contributed by atoms with E-state index in [1.807, 2.05) is 48.5 Å². The molecular weight excluding hydrogens is 419 g/mol. The topological polar surface area (TPSA) is 55.6 Å². The molecule has 1 atom stereocenters. The predicted octanol–water partition coefficient (Wildman–Crippen LogP) is 6.07. The van der Waals surface area contributed by atoms with E-state index in [0.29, 0.717) is 23.1 Å². The van der Waals surface area contributed by atoms with Crippen LogP contribution in [0.25, 0.3) is 0 Å². The summed E-state index contributed by atoms with van der Waals surface area (Å²) in [7, 11) is 0. The maximum absolute atomic E-state index is 12.7. The summed E-state index contributed by atoms with van der Waals surface area (Å²) < 4.78 is 5.46. The zero-order chi connectivity index (χ0) is 19.6. The van der Waals surface area contributed by atoms with Gasteiger partial charge in [0.25, 0.3) is 0 Å². The number of halogens is 3. The number of nitrogens with zero attached hydrogens (tertiary/aromatic N) is 1. The molecule has 0 aliphatic rings. The SMILES string of the molecule is CCCC[C@@H](N)COC(=O)N(Cc1ccc(Cl)cc1)Cc1ccc(Cl)cc1.Cl. The minimum absolute atomic E-state index is 0. The molecule has 2 rings (SSSR count). The number of carbonyl (C=O) groups excluding carboxylic acids is 1. The second kappa shape index (κ2) is 12.9. The van der Waals surface area contributed by atoms with E-state index in [-0.39, 0.29) is 31.1 Å². The molecule has 0 bridgehead atoms. The third-order valence-electron chi connectivity index (χ3n) is 4.18. The Labute approximate surface area is 183 Å². The molecule has 0 aliphatic heterocycles. The van der Waals surface area contributed by atoms with E-state index in [0.717, 1.165) is 30.4 Å². The van der Waals surface area contributed by atoms with Gasteiger partial charge in [-0.2, -0.15) is 0 Å². The molecule has 2 aromatic carbocycles. The minimum Gasteiger partial charge on any atom is -0.448 e. The van der Waals surface area contributed by atoms with E-state index < -0.39 is 0 Å². The summed E-state index contributed by atoms with van der Waals surface area (Å²) in [6.07, 6.45) is 2.56. The van der Waals surface area contributed by atoms with Crippen LogP contribution in [0.5, 0.6) is 0 Å². The molecule has 1 amide bonds. The molecule has 0 unspecified atom stereocenters. The van der Waals surface area contributed by atoms with Crippen molar-refractivity contribution in [1.29, 1.82) is 0 Å². The van der Waals surface area contributed by atoms with E-state index in [2.05, 4.69) is 6.92 Å². The Balaban J connectivity index is 0.00000392. The third-order valence-corrected chi connectivity index (χ3v) is 4.68. The van der Waals surface area contributed by atoms with Gasteiger partial charge in [-0.15, -0.1) is 12.4 Å². The molecule has 7 heteroatoms. The van der Waals surface area contributed by atoms with Crippen LogP contribution in [0, 0.1) is 0 Å². The summed E-state index contributed by atoms with van der Waals surface area (Å²) in [6, 6.07) is 14.7. The molecule has 0 spiro atoms. The number of hydrogen-bond acceptors (Lipinski definition) is 3. The number of carbonyl (C=O) groups is 1. The Kier molecular flexibility index (Phi) is 11.3. The van der Waals surface area contributed by atoms with Gasteiger partial charge >= 0.3 is 6.09 Å². The molecule has 0 aromatic heterocycles. The fourth-order valence-electron chi connectivity index (χ4n) is 2.62. The van der Waals surface area contributed by atoms with E-state index in [4.69, 9.17) is 33.7 Å². The summed E-state index contributed by atoms with van der Waals surface area (Å²) in [5, 5.41) is 1.32. The van der Waals surface area contributed by atoms with Crippen molar-refractivity contribution in [2.45, 2.75) is 45.3 Å². The van der Waals surface area contributed by atoms with E-state index in [1.165, 1.54) is 0 Å². The smallest absolute Gasteiger partial charge is 0.410 e. The second-order valence-corrected chi connectivity index (χ2v) is 7.46. The molecule has 0 radical (unpaired) electrons. The zero-order valence-corrected chi connectivity index (χ0v) is 18.3. The quantitative estimate of drug-likeness (QED) is 0.509. The lowest BCUT2D eigenvalue weighted by molar-refractivity contribution is 0.0907. The summed E-state index contributed by atoms with van der Waals surface area (Å²) >= 11 is 11.9. The van der Waals surface area contributed by atoms with Gasteiger partial charge in [0.15, 0.2) is 0 Å². The highest BCUT2D eigenvalue weighted by molar-refractivity contribution is 6.30. The summed E-state index contributed by atoms with van der Waals surface area (Å²) in [5.74, 6) is 0. The molecule has 28 heavy (non-hydrogen) atoms. The molecule has 0 saturated heterocycles. The first-order chi connectivity index (χ1) is 13.0. The summed E-state index contributed by atoms with van der Waals surface area (Å²) in [4.78, 5) is 14.3. The van der Waals surface area contributed by atoms with Crippen molar-refractivity contribution in [2.24, 2.45) is 5.73 Å². The van der Waals surface area contributed by atoms with Crippen LogP contribution in [0.4, 0.5) is 4.79 Å². The maximum Gasteiger partial charge on any atom is 0.410 e. The van der Waals surface area contributed by atoms with Gasteiger partial charge in [0, 0.05) is 29.2 Å². The highest BCUT2D eigenvalue weighted by atomic mass is 35.5. The van der Waals surface area contributed by atoms with Gasteiger partial charge in [0.05, 0.1) is 0 Å². The van der Waals surface area contributed by atoms with Gasteiger partial charge in [-0.1, -0.05) is 67.2 Å². The van der Waals surface area contributed by atoms with E-state index in [1.54, 1.807) is 4.90 Å². The first kappa shape index (κ1) is 24.6. The summed E-state index contributed by atoms with van der Waals surface area (Å²) in [5.41, 5.74) is 7.97. The minimum atomic E-state index is -0.383. The van der Waals surface area contributed by atoms with Gasteiger partial charge in [-0.25, -0.2) is 4.79 Å². The monoisotopic (exact) mass is 444 g/mol. The van der Waals surface area contributed by atoms with Crippen LogP contribution >= 0.6 is 35.6 Å². The highest BCUT2D eigenvalue weighted by Gasteiger charge is 2.17. The average molecular weight is 446 g/mol. The molecule has 154 valence electrons. The van der Waals surface area contributed by atoms with Gasteiger partial charge < -0.3 is 10.5 Å². The lowest BCUT2D eigenvalue weighted by atomic mass is 10.1. The molecule has 0 aliphatic carbocycles. The van der Waals surface area contributed by atoms with Crippen molar-refractivity contribution in [1.82, 2.24) is 4.90 Å². The highest BCUT2D eigenvalue weighted by Crippen LogP contribution is 2.16. The van der Waals surface area contributed by atoms with Crippen LogP contribution in [-0.4, -0.2) is 23.6 Å². The lowest BCUT2D eigenvalue weighted by Crippen LogP contribution is -2.35. The number of nitrogens with two attached hydrogens (primary N) is 1. The van der Waals surface area contributed by atoms with Crippen LogP contribution in [0.15, 0.2) is 48.5 Å². The molecule has 2 N–H and O–H groups in total. The van der Waals surface area contributed by atoms with Gasteiger partial charge in [-0.3, -0.25) is 4.90 Å². The Morgan fingerprint density at radius 1 is 1.00 bits per heavy atom. The lowest BCUT2D eigenvalue weighted by Gasteiger charge is -2.23. The first-order valence-corrected chi connectivity index (χ1v) is 9.89. The third kappa shape index (κ3) is 8.70. The van der Waals surface area contributed by atoms with Crippen molar-refractivity contribution in [3.63, 3.8) is 0 Å². The number of rotatable bonds is 9. The molecular formula is C21H27Cl3N2O2. The zero-order valence-electron chi connectivity index (χ0n) is 15.9. The van der Waals surface area contributed by atoms with Crippen molar-refractivity contribution in [2.75, 3.05) is 6.61 Å². The van der Waals surface area contributed by atoms with Crippen molar-refractivity contribution < 1.29 is 9.53 Å². The van der Waals surface area contributed by atoms with Crippen LogP contribution in [0.3, 0.4) is 0 Å². The summed E-state index contributed by atoms with van der Waals surface area (Å²) in [6.45, 7) is 3.17. The van der Waals surface area contributed by atoms with Crippen molar-refractivity contribution >= 4 is 41.7 Å². The van der Waals surface area contributed by atoms with Gasteiger partial charge in [-0.05, 0) is 41.8 Å². The largest absolute Gasteiger partial charge is 0.448 e. The van der Waals surface area contributed by atoms with Crippen LogP contribution in [0.1, 0.15) is 37.3 Å². The van der Waals surface area contributed by atoms with Crippen LogP contribution in [-0.2, 0) is 17.8 Å². The van der Waals surface area contributed by atoms with E-state index >= 15 is 0 Å². The Morgan fingerprint density at radius 2 is 1.46 bits per heavy atom. The van der Waals surface area contributed by atoms with Crippen LogP contribution < -0.4 is 5.73 Å². The Hall–Kier alpha value is -1.46. The average Bonchev–Trinajstić information content (AvgIpc) is 2.67. The maximum atomic E-state index is 12.7. The Morgan fingerprint density at radius 3 is 1.89 bits per heavy atom. The fraction of sp³-hybridized carbons (Fsp3) is 0.381. The number of amides is 1. The second-order valence-electron chi connectivity index (χ2n) is 6.59. The van der Waals surface area contributed by atoms with Crippen molar-refractivity contribution in [3.8, 4) is 0 Å². The molecule has 4 nitrogen and oxygen atoms in total. The van der Waals surface area contributed by atoms with Gasteiger partial charge in [0.2, 0.25) is 0 Å². The van der Waals surface area contributed by atoms with Gasteiger partial charge in [0.1, 0.15) is 6.61 Å². The first-order valence-electron chi connectivity index (χ1n) is 9.14. The fourth-order valence-corrected chi connectivity index (χ4v) is 2.88. The van der Waals surface area contributed by atoms with Crippen LogP contribution in [0.2, 0.25) is 10.0 Å². The molecule has 0 saturated carbocycles. The standard InChI is InChI=1S/C21H26Cl2N2O2.ClH/c1-2-3-4-20(24)15-27-21(26)25(13-16-5-9-18(22)10-6-16)14-17-7-11-19(23)12-8-17;/h5-12,20H,2-4,13-15,24H2,1H3;1H/t20-;/m1./s1. The number of ether oxygens (including phenoxy) is 1. The molecule has 2 aromatic rings. The normalized spacial score (nSPS) is 11.4.